The van der Waals surface area contributed by atoms with E-state index in [-0.39, 0.29) is 56.9 Å². The van der Waals surface area contributed by atoms with Crippen LogP contribution in [0.1, 0.15) is 11.1 Å². The van der Waals surface area contributed by atoms with Gasteiger partial charge >= 0.3 is 6.09 Å². The zero-order chi connectivity index (χ0) is 24.5. The Morgan fingerprint density at radius 3 is 2.06 bits per heavy atom. The van der Waals surface area contributed by atoms with Gasteiger partial charge in [-0.05, 0) is 11.1 Å². The lowest BCUT2D eigenvalue weighted by molar-refractivity contribution is -0.212. The second-order valence-electron chi connectivity index (χ2n) is 9.34. The number of nitrogens with zero attached hydrogens (tertiary/aromatic N) is 3. The monoisotopic (exact) mass is 495 g/mol. The smallest absolute Gasteiger partial charge is 0.411 e. The van der Waals surface area contributed by atoms with Crippen molar-refractivity contribution >= 4 is 12.0 Å². The molecule has 0 aliphatic carbocycles. The van der Waals surface area contributed by atoms with Gasteiger partial charge in [0.25, 0.3) is 5.91 Å². The van der Waals surface area contributed by atoms with Gasteiger partial charge in [0.2, 0.25) is 0 Å². The highest BCUT2D eigenvalue weighted by Crippen LogP contribution is 2.38. The minimum Gasteiger partial charge on any atom is -0.445 e. The molecule has 0 N–H and O–H groups in total. The van der Waals surface area contributed by atoms with Crippen molar-refractivity contribution in [2.24, 2.45) is 0 Å². The Balaban J connectivity index is 1.19. The van der Waals surface area contributed by atoms with Gasteiger partial charge < -0.3 is 23.7 Å². The molecule has 6 rings (SSSR count). The van der Waals surface area contributed by atoms with Crippen molar-refractivity contribution in [1.82, 2.24) is 14.9 Å². The summed E-state index contributed by atoms with van der Waals surface area (Å²) >= 11 is 0. The van der Waals surface area contributed by atoms with Crippen LogP contribution in [0.25, 0.3) is 0 Å². The van der Waals surface area contributed by atoms with Crippen molar-refractivity contribution in [2.45, 2.75) is 43.5 Å². The van der Waals surface area contributed by atoms with E-state index in [4.69, 9.17) is 23.7 Å². The van der Waals surface area contributed by atoms with Gasteiger partial charge in [0.05, 0.1) is 31.8 Å². The molecular formula is C26H29N3O7. The number of rotatable bonds is 6. The molecule has 0 bridgehead atoms. The summed E-state index contributed by atoms with van der Waals surface area (Å²) in [6.45, 7) is 2.03. The number of carbonyl (C=O) groups excluding carboxylic acids is 2. The van der Waals surface area contributed by atoms with Gasteiger partial charge in [0, 0.05) is 6.54 Å². The molecule has 2 aromatic carbocycles. The molecule has 2 amide bonds. The number of hydrazine groups is 1. The maximum atomic E-state index is 13.6. The lowest BCUT2D eigenvalue weighted by Crippen LogP contribution is -2.72. The number of fused-ring (bicyclic) bond motifs is 3. The molecule has 190 valence electrons. The maximum Gasteiger partial charge on any atom is 0.411 e. The maximum absolute atomic E-state index is 13.6. The molecule has 36 heavy (non-hydrogen) atoms. The van der Waals surface area contributed by atoms with Crippen LogP contribution in [0.3, 0.4) is 0 Å². The number of carbonyl (C=O) groups is 2. The van der Waals surface area contributed by atoms with E-state index in [1.807, 2.05) is 65.7 Å². The van der Waals surface area contributed by atoms with E-state index in [0.29, 0.717) is 19.8 Å². The number of hydrogen-bond donors (Lipinski definition) is 0. The lowest BCUT2D eigenvalue weighted by atomic mass is 10.1. The van der Waals surface area contributed by atoms with Gasteiger partial charge in [-0.25, -0.2) is 9.80 Å². The number of hydrogen-bond acceptors (Lipinski definition) is 8. The molecule has 0 saturated carbocycles. The molecule has 4 fully saturated rings. The minimum atomic E-state index is -0.637. The third-order valence-electron chi connectivity index (χ3n) is 7.20. The van der Waals surface area contributed by atoms with E-state index in [1.54, 1.807) is 5.01 Å². The Morgan fingerprint density at radius 1 is 0.889 bits per heavy atom. The van der Waals surface area contributed by atoms with Crippen molar-refractivity contribution in [1.29, 1.82) is 0 Å². The lowest BCUT2D eigenvalue weighted by Gasteiger charge is -2.51. The summed E-state index contributed by atoms with van der Waals surface area (Å²) in [5.74, 6) is -0.168. The van der Waals surface area contributed by atoms with Crippen LogP contribution in [0, 0.1) is 0 Å². The predicted octanol–water partition coefficient (Wildman–Crippen LogP) is 1.75. The van der Waals surface area contributed by atoms with Gasteiger partial charge in [-0.15, -0.1) is 0 Å². The average Bonchev–Trinajstić information content (AvgIpc) is 3.26. The molecule has 0 aromatic heterocycles. The third-order valence-corrected chi connectivity index (χ3v) is 7.20. The largest absolute Gasteiger partial charge is 0.445 e. The molecule has 4 saturated heterocycles. The van der Waals surface area contributed by atoms with Crippen LogP contribution in [-0.4, -0.2) is 90.6 Å². The average molecular weight is 496 g/mol. The van der Waals surface area contributed by atoms with Crippen molar-refractivity contribution in [2.75, 3.05) is 33.3 Å². The summed E-state index contributed by atoms with van der Waals surface area (Å²) in [6, 6.07) is 18.1. The van der Waals surface area contributed by atoms with E-state index in [9.17, 15) is 9.59 Å². The summed E-state index contributed by atoms with van der Waals surface area (Å²) in [5, 5.41) is 3.67. The van der Waals surface area contributed by atoms with Crippen molar-refractivity contribution in [3.63, 3.8) is 0 Å². The molecule has 10 heteroatoms. The van der Waals surface area contributed by atoms with E-state index < -0.39 is 12.1 Å². The highest BCUT2D eigenvalue weighted by Gasteiger charge is 2.59. The Bertz CT molecular complexity index is 1050. The van der Waals surface area contributed by atoms with Crippen LogP contribution >= 0.6 is 0 Å². The Hall–Kier alpha value is -3.02. The van der Waals surface area contributed by atoms with Crippen LogP contribution in [0.5, 0.6) is 0 Å². The standard InChI is InChI=1S/C26H29N3O7/c30-25-20(12-28(25)29-21-14-32-16-35-23(21)24-22(29)15-33-17-36-24)27(11-18-7-3-1-4-8-18)26(31)34-13-19-9-5-2-6-10-19/h1-10,20-24H,11-17H2/t20-,21-,22-,23+,24+/m0/s1. The predicted molar refractivity (Wildman–Crippen MR) is 125 cm³/mol. The third kappa shape index (κ3) is 4.35. The summed E-state index contributed by atoms with van der Waals surface area (Å²) in [7, 11) is 0. The number of β-lactam (4-membered cyclic amide) rings is 1. The molecule has 4 aliphatic rings. The summed E-state index contributed by atoms with van der Waals surface area (Å²) < 4.78 is 28.4. The molecule has 2 aromatic rings. The quantitative estimate of drug-likeness (QED) is 0.560. The first-order chi connectivity index (χ1) is 17.7. The second kappa shape index (κ2) is 10.2. The van der Waals surface area contributed by atoms with E-state index >= 15 is 0 Å². The summed E-state index contributed by atoms with van der Waals surface area (Å²) in [4.78, 5) is 28.3. The fourth-order valence-corrected chi connectivity index (χ4v) is 5.40. The van der Waals surface area contributed by atoms with Crippen molar-refractivity contribution in [3.8, 4) is 0 Å². The Kier molecular flexibility index (Phi) is 6.60. The molecule has 0 radical (unpaired) electrons. The molecule has 5 atom stereocenters. The highest BCUT2D eigenvalue weighted by molar-refractivity contribution is 5.90. The molecular weight excluding hydrogens is 466 g/mol. The van der Waals surface area contributed by atoms with Gasteiger partial charge in [-0.3, -0.25) is 14.7 Å². The minimum absolute atomic E-state index is 0.137. The first kappa shape index (κ1) is 23.4. The first-order valence-electron chi connectivity index (χ1n) is 12.2. The summed E-state index contributed by atoms with van der Waals surface area (Å²) in [5.41, 5.74) is 1.81. The van der Waals surface area contributed by atoms with Crippen molar-refractivity contribution in [3.05, 3.63) is 71.8 Å². The van der Waals surface area contributed by atoms with Crippen molar-refractivity contribution < 1.29 is 33.3 Å². The second-order valence-corrected chi connectivity index (χ2v) is 9.34. The van der Waals surface area contributed by atoms with E-state index in [0.717, 1.165) is 11.1 Å². The highest BCUT2D eigenvalue weighted by atomic mass is 16.7. The first-order valence-corrected chi connectivity index (χ1v) is 12.2. The SMILES string of the molecule is O=C(OCc1ccccc1)N(Cc1ccccc1)[C@H]1CN(N2[C@H]3COCO[C@H]3[C@@H]3OCOC[C@@H]32)C1=O. The molecule has 10 nitrogen and oxygen atoms in total. The number of amides is 2. The number of benzene rings is 2. The molecule has 4 heterocycles. The van der Waals surface area contributed by atoms with Crippen LogP contribution in [0.15, 0.2) is 60.7 Å². The van der Waals surface area contributed by atoms with Gasteiger partial charge in [-0.1, -0.05) is 60.7 Å². The summed E-state index contributed by atoms with van der Waals surface area (Å²) in [6.07, 6.45) is -0.918. The van der Waals surface area contributed by atoms with Crippen LogP contribution in [-0.2, 0) is 41.6 Å². The molecule has 0 unspecified atom stereocenters. The Labute approximate surface area is 209 Å². The fourth-order valence-electron chi connectivity index (χ4n) is 5.40. The molecule has 0 spiro atoms. The van der Waals surface area contributed by atoms with Crippen LogP contribution in [0.4, 0.5) is 4.79 Å². The fraction of sp³-hybridized carbons (Fsp3) is 0.462. The van der Waals surface area contributed by atoms with E-state index in [1.165, 1.54) is 4.90 Å². The van der Waals surface area contributed by atoms with Gasteiger partial charge in [0.1, 0.15) is 38.4 Å². The van der Waals surface area contributed by atoms with E-state index in [2.05, 4.69) is 0 Å². The van der Waals surface area contributed by atoms with Crippen LogP contribution < -0.4 is 0 Å². The number of ether oxygens (including phenoxy) is 5. The zero-order valence-electron chi connectivity index (χ0n) is 19.8. The van der Waals surface area contributed by atoms with Crippen LogP contribution in [0.2, 0.25) is 0 Å². The Morgan fingerprint density at radius 2 is 1.47 bits per heavy atom. The van der Waals surface area contributed by atoms with Gasteiger partial charge in [-0.2, -0.15) is 0 Å². The van der Waals surface area contributed by atoms with Gasteiger partial charge in [0.15, 0.2) is 0 Å². The normalized spacial score (nSPS) is 29.7. The zero-order valence-corrected chi connectivity index (χ0v) is 19.8. The molecule has 4 aliphatic heterocycles. The topological polar surface area (TPSA) is 90.0 Å².